The first-order chi connectivity index (χ1) is 9.28. The van der Waals surface area contributed by atoms with E-state index >= 15 is 0 Å². The number of hydrogen-bond donors (Lipinski definition) is 2. The molecule has 0 aliphatic heterocycles. The van der Waals surface area contributed by atoms with Crippen LogP contribution in [0.25, 0.3) is 10.9 Å². The highest BCUT2D eigenvalue weighted by molar-refractivity contribution is 8.02. The number of nitrogens with one attached hydrogen (secondary N) is 2. The van der Waals surface area contributed by atoms with E-state index in [0.717, 1.165) is 25.8 Å². The van der Waals surface area contributed by atoms with Gasteiger partial charge in [-0.05, 0) is 18.9 Å². The Morgan fingerprint density at radius 1 is 1.42 bits per heavy atom. The van der Waals surface area contributed by atoms with Crippen molar-refractivity contribution in [1.82, 2.24) is 15.0 Å². The molecule has 7 heteroatoms. The van der Waals surface area contributed by atoms with Crippen LogP contribution in [-0.2, 0) is 0 Å². The normalized spacial score (nSPS) is 10.5. The second kappa shape index (κ2) is 4.91. The molecule has 3 aromatic heterocycles. The van der Waals surface area contributed by atoms with Crippen LogP contribution in [0.3, 0.4) is 0 Å². The van der Waals surface area contributed by atoms with E-state index in [-0.39, 0.29) is 0 Å². The number of aromatic amines is 1. The number of aryl methyl sites for hydroxylation is 1. The van der Waals surface area contributed by atoms with Gasteiger partial charge >= 0.3 is 0 Å². The Labute approximate surface area is 117 Å². The molecule has 0 bridgehead atoms. The predicted molar refractivity (Wildman–Crippen MR) is 77.1 cm³/mol. The number of fused-ring (bicyclic) bond motifs is 1. The molecule has 0 aromatic carbocycles. The standard InChI is InChI=1S/C12H9N5S2/c1-7-15-6-11(18-7)19-17-10-5-14-4-9-8(2-13)3-16-12(9)10/h3-6,16-17H,1H3. The smallest absolute Gasteiger partial charge is 0.101 e. The molecule has 0 aliphatic rings. The molecule has 19 heavy (non-hydrogen) atoms. The van der Waals surface area contributed by atoms with Crippen molar-refractivity contribution in [3.05, 3.63) is 35.4 Å². The lowest BCUT2D eigenvalue weighted by atomic mass is 10.2. The third kappa shape index (κ3) is 2.28. The van der Waals surface area contributed by atoms with Gasteiger partial charge in [-0.1, -0.05) is 0 Å². The molecule has 0 amide bonds. The minimum atomic E-state index is 0.602. The van der Waals surface area contributed by atoms with Gasteiger partial charge in [-0.25, -0.2) is 4.98 Å². The Bertz CT molecular complexity index is 768. The molecule has 3 aromatic rings. The Morgan fingerprint density at radius 3 is 3.05 bits per heavy atom. The average molecular weight is 287 g/mol. The number of hydrogen-bond acceptors (Lipinski definition) is 6. The summed E-state index contributed by atoms with van der Waals surface area (Å²) in [6, 6.07) is 2.14. The summed E-state index contributed by atoms with van der Waals surface area (Å²) in [6.07, 6.45) is 6.96. The second-order valence-corrected chi connectivity index (χ2v) is 6.17. The van der Waals surface area contributed by atoms with Gasteiger partial charge in [0.2, 0.25) is 0 Å². The minimum absolute atomic E-state index is 0.602. The maximum absolute atomic E-state index is 9.00. The van der Waals surface area contributed by atoms with E-state index in [0.29, 0.717) is 5.56 Å². The summed E-state index contributed by atoms with van der Waals surface area (Å²) < 4.78 is 4.32. The van der Waals surface area contributed by atoms with Crippen molar-refractivity contribution < 1.29 is 0 Å². The van der Waals surface area contributed by atoms with Gasteiger partial charge in [-0.3, -0.25) is 4.98 Å². The average Bonchev–Trinajstić information content (AvgIpc) is 3.02. The van der Waals surface area contributed by atoms with Crippen molar-refractivity contribution in [2.45, 2.75) is 11.1 Å². The van der Waals surface area contributed by atoms with E-state index in [9.17, 15) is 0 Å². The molecule has 2 N–H and O–H groups in total. The highest BCUT2D eigenvalue weighted by Gasteiger charge is 2.08. The van der Waals surface area contributed by atoms with Crippen LogP contribution in [0.1, 0.15) is 10.6 Å². The van der Waals surface area contributed by atoms with E-state index in [2.05, 4.69) is 25.7 Å². The van der Waals surface area contributed by atoms with E-state index < -0.39 is 0 Å². The molecule has 94 valence electrons. The van der Waals surface area contributed by atoms with Crippen molar-refractivity contribution >= 4 is 39.9 Å². The molecule has 0 saturated heterocycles. The fourth-order valence-electron chi connectivity index (χ4n) is 1.71. The van der Waals surface area contributed by atoms with Crippen LogP contribution < -0.4 is 4.72 Å². The van der Waals surface area contributed by atoms with Gasteiger partial charge in [0.1, 0.15) is 10.3 Å². The summed E-state index contributed by atoms with van der Waals surface area (Å²) in [5, 5.41) is 10.9. The van der Waals surface area contributed by atoms with Gasteiger partial charge in [-0.15, -0.1) is 11.3 Å². The monoisotopic (exact) mass is 287 g/mol. The van der Waals surface area contributed by atoms with E-state index in [4.69, 9.17) is 5.26 Å². The van der Waals surface area contributed by atoms with Crippen molar-refractivity contribution in [1.29, 1.82) is 5.26 Å². The molecule has 5 nitrogen and oxygen atoms in total. The number of anilines is 1. The molecule has 0 atom stereocenters. The SMILES string of the molecule is Cc1ncc(SNc2cncc3c(C#N)c[nH]c23)s1. The summed E-state index contributed by atoms with van der Waals surface area (Å²) in [4.78, 5) is 11.5. The van der Waals surface area contributed by atoms with Crippen molar-refractivity contribution in [2.75, 3.05) is 4.72 Å². The van der Waals surface area contributed by atoms with Crippen LogP contribution in [0, 0.1) is 18.3 Å². The third-order valence-electron chi connectivity index (χ3n) is 2.58. The lowest BCUT2D eigenvalue weighted by Gasteiger charge is -2.04. The van der Waals surface area contributed by atoms with E-state index in [1.807, 2.05) is 13.1 Å². The highest BCUT2D eigenvalue weighted by atomic mass is 32.2. The fraction of sp³-hybridized carbons (Fsp3) is 0.0833. The molecular weight excluding hydrogens is 278 g/mol. The number of nitriles is 1. The Kier molecular flexibility index (Phi) is 3.11. The van der Waals surface area contributed by atoms with Crippen LogP contribution in [0.4, 0.5) is 5.69 Å². The lowest BCUT2D eigenvalue weighted by Crippen LogP contribution is -1.88. The number of H-pyrrole nitrogens is 1. The number of nitrogens with zero attached hydrogens (tertiary/aromatic N) is 3. The molecule has 0 fully saturated rings. The predicted octanol–water partition coefficient (Wildman–Crippen LogP) is 3.32. The topological polar surface area (TPSA) is 77.4 Å². The zero-order chi connectivity index (χ0) is 13.2. The van der Waals surface area contributed by atoms with Gasteiger partial charge in [0, 0.05) is 17.8 Å². The molecule has 0 spiro atoms. The number of aromatic nitrogens is 3. The molecule has 0 saturated carbocycles. The first-order valence-corrected chi connectivity index (χ1v) is 7.11. The first-order valence-electron chi connectivity index (χ1n) is 5.48. The van der Waals surface area contributed by atoms with Crippen LogP contribution >= 0.6 is 23.3 Å². The van der Waals surface area contributed by atoms with Crippen molar-refractivity contribution in [2.24, 2.45) is 0 Å². The first kappa shape index (κ1) is 12.0. The van der Waals surface area contributed by atoms with Gasteiger partial charge in [0.05, 0.1) is 34.2 Å². The minimum Gasteiger partial charge on any atom is -0.358 e. The van der Waals surface area contributed by atoms with Crippen LogP contribution in [-0.4, -0.2) is 15.0 Å². The molecule has 0 aliphatic carbocycles. The lowest BCUT2D eigenvalue weighted by molar-refractivity contribution is 1.28. The number of rotatable bonds is 3. The van der Waals surface area contributed by atoms with Gasteiger partial charge in [0.25, 0.3) is 0 Å². The number of pyridine rings is 1. The van der Waals surface area contributed by atoms with Gasteiger partial charge in [0.15, 0.2) is 0 Å². The molecule has 0 unspecified atom stereocenters. The quantitative estimate of drug-likeness (QED) is 0.723. The summed E-state index contributed by atoms with van der Waals surface area (Å²) in [7, 11) is 0. The van der Waals surface area contributed by atoms with Gasteiger partial charge in [-0.2, -0.15) is 5.26 Å². The van der Waals surface area contributed by atoms with E-state index in [1.54, 1.807) is 29.9 Å². The zero-order valence-corrected chi connectivity index (χ0v) is 11.6. The molecule has 3 rings (SSSR count). The summed E-state index contributed by atoms with van der Waals surface area (Å²) >= 11 is 3.12. The Hall–Kier alpha value is -2.04. The zero-order valence-electron chi connectivity index (χ0n) is 9.97. The number of thiazole rings is 1. The van der Waals surface area contributed by atoms with E-state index in [1.165, 1.54) is 11.9 Å². The highest BCUT2D eigenvalue weighted by Crippen LogP contribution is 2.30. The molecule has 3 heterocycles. The van der Waals surface area contributed by atoms with Crippen molar-refractivity contribution in [3.63, 3.8) is 0 Å². The second-order valence-electron chi connectivity index (χ2n) is 3.83. The van der Waals surface area contributed by atoms with Crippen LogP contribution in [0.15, 0.2) is 29.0 Å². The molecular formula is C12H9N5S2. The van der Waals surface area contributed by atoms with Crippen LogP contribution in [0.5, 0.6) is 0 Å². The maximum Gasteiger partial charge on any atom is 0.101 e. The van der Waals surface area contributed by atoms with Crippen molar-refractivity contribution in [3.8, 4) is 6.07 Å². The van der Waals surface area contributed by atoms with Crippen LogP contribution in [0.2, 0.25) is 0 Å². The Balaban J connectivity index is 1.89. The summed E-state index contributed by atoms with van der Waals surface area (Å²) in [5.41, 5.74) is 2.35. The fourth-order valence-corrected chi connectivity index (χ4v) is 3.33. The Morgan fingerprint density at radius 2 is 2.32 bits per heavy atom. The summed E-state index contributed by atoms with van der Waals surface area (Å²) in [6.45, 7) is 1.97. The maximum atomic E-state index is 9.00. The third-order valence-corrected chi connectivity index (χ3v) is 4.42. The van der Waals surface area contributed by atoms with Gasteiger partial charge < -0.3 is 9.71 Å². The molecule has 0 radical (unpaired) electrons. The largest absolute Gasteiger partial charge is 0.358 e. The summed E-state index contributed by atoms with van der Waals surface area (Å²) in [5.74, 6) is 0.